The second kappa shape index (κ2) is 12.0. The number of carboxylic acid groups (broad SMARTS) is 1. The molecule has 0 unspecified atom stereocenters. The summed E-state index contributed by atoms with van der Waals surface area (Å²) in [6.45, 7) is 5.76. The van der Waals surface area contributed by atoms with Crippen LogP contribution in [0.4, 0.5) is 10.5 Å². The van der Waals surface area contributed by atoms with Crippen molar-refractivity contribution in [2.45, 2.75) is 45.6 Å². The predicted octanol–water partition coefficient (Wildman–Crippen LogP) is 5.09. The quantitative estimate of drug-likeness (QED) is 0.386. The number of benzene rings is 2. The van der Waals surface area contributed by atoms with E-state index in [1.54, 1.807) is 51.4 Å². The number of hydrogen-bond acceptors (Lipinski definition) is 5. The molecule has 2 aromatic carbocycles. The van der Waals surface area contributed by atoms with E-state index >= 15 is 0 Å². The van der Waals surface area contributed by atoms with Crippen LogP contribution in [0.3, 0.4) is 0 Å². The van der Waals surface area contributed by atoms with E-state index in [4.69, 9.17) is 9.84 Å². The third-order valence-electron chi connectivity index (χ3n) is 5.24. The number of hydrogen-bond donors (Lipinski definition) is 3. The molecule has 0 bridgehead atoms. The highest BCUT2D eigenvalue weighted by Crippen LogP contribution is 2.27. The number of carboxylic acids is 1. The Labute approximate surface area is 210 Å². The van der Waals surface area contributed by atoms with E-state index in [0.717, 1.165) is 22.3 Å². The summed E-state index contributed by atoms with van der Waals surface area (Å²) in [5.41, 5.74) is 4.04. The third-order valence-corrected chi connectivity index (χ3v) is 5.24. The topological polar surface area (TPSA) is 118 Å². The summed E-state index contributed by atoms with van der Waals surface area (Å²) < 4.78 is 5.30. The Kier molecular flexibility index (Phi) is 8.78. The van der Waals surface area contributed by atoms with Crippen LogP contribution in [-0.4, -0.2) is 40.2 Å². The minimum absolute atomic E-state index is 0.0322. The van der Waals surface area contributed by atoms with Gasteiger partial charge in [0.1, 0.15) is 5.60 Å². The van der Waals surface area contributed by atoms with Crippen molar-refractivity contribution >= 4 is 23.7 Å². The zero-order chi connectivity index (χ0) is 26.1. The maximum Gasteiger partial charge on any atom is 0.407 e. The molecule has 0 saturated carbocycles. The fraction of sp³-hybridized carbons (Fsp3) is 0.286. The van der Waals surface area contributed by atoms with Crippen LogP contribution in [0.5, 0.6) is 0 Å². The van der Waals surface area contributed by atoms with E-state index < -0.39 is 17.7 Å². The summed E-state index contributed by atoms with van der Waals surface area (Å²) in [7, 11) is 0. The Bertz CT molecular complexity index is 1220. The lowest BCUT2D eigenvalue weighted by Crippen LogP contribution is -2.33. The molecule has 0 aliphatic rings. The lowest BCUT2D eigenvalue weighted by Gasteiger charge is -2.20. The first kappa shape index (κ1) is 26.4. The minimum atomic E-state index is -0.857. The monoisotopic (exact) mass is 489 g/mol. The van der Waals surface area contributed by atoms with E-state index in [1.807, 2.05) is 36.4 Å². The number of carbonyl (C=O) groups is 3. The molecule has 0 fully saturated rings. The molecule has 188 valence electrons. The standard InChI is InChI=1S/C28H31N3O5/c1-28(2,3)36-27(35)30-16-11-20-8-9-22(26(34)31-23-12-14-29-15-13-23)18-24(20)21-6-4-5-19(17-21)7-10-25(32)33/h4-6,8-9,12-15,17-18H,7,10-11,16H2,1-3H3,(H,30,35)(H,32,33)(H,29,31,34). The van der Waals surface area contributed by atoms with Crippen LogP contribution >= 0.6 is 0 Å². The maximum absolute atomic E-state index is 12.9. The van der Waals surface area contributed by atoms with Gasteiger partial charge in [0.25, 0.3) is 5.91 Å². The van der Waals surface area contributed by atoms with Crippen LogP contribution in [0.2, 0.25) is 0 Å². The van der Waals surface area contributed by atoms with Crippen molar-refractivity contribution in [2.24, 2.45) is 0 Å². The number of carbonyl (C=O) groups excluding carboxylic acids is 2. The van der Waals surface area contributed by atoms with Gasteiger partial charge in [-0.1, -0.05) is 30.3 Å². The van der Waals surface area contributed by atoms with E-state index in [2.05, 4.69) is 15.6 Å². The van der Waals surface area contributed by atoms with Crippen LogP contribution in [0.15, 0.2) is 67.0 Å². The molecule has 3 aromatic rings. The van der Waals surface area contributed by atoms with E-state index in [-0.39, 0.29) is 12.3 Å². The number of alkyl carbamates (subject to hydrolysis) is 1. The number of aliphatic carboxylic acids is 1. The Morgan fingerprint density at radius 1 is 0.972 bits per heavy atom. The number of nitrogens with zero attached hydrogens (tertiary/aromatic N) is 1. The van der Waals surface area contributed by atoms with Crippen molar-refractivity contribution in [3.05, 3.63) is 83.7 Å². The summed E-state index contributed by atoms with van der Waals surface area (Å²) in [5.74, 6) is -1.12. The highest BCUT2D eigenvalue weighted by atomic mass is 16.6. The first-order chi connectivity index (χ1) is 17.1. The lowest BCUT2D eigenvalue weighted by atomic mass is 9.93. The Morgan fingerprint density at radius 2 is 1.72 bits per heavy atom. The van der Waals surface area contributed by atoms with Gasteiger partial charge in [-0.25, -0.2) is 4.79 Å². The lowest BCUT2D eigenvalue weighted by molar-refractivity contribution is -0.136. The van der Waals surface area contributed by atoms with Crippen molar-refractivity contribution in [3.8, 4) is 11.1 Å². The minimum Gasteiger partial charge on any atom is -0.481 e. The molecular weight excluding hydrogens is 458 g/mol. The van der Waals surface area contributed by atoms with Crippen molar-refractivity contribution in [1.82, 2.24) is 10.3 Å². The summed E-state index contributed by atoms with van der Waals surface area (Å²) in [5, 5.41) is 14.7. The van der Waals surface area contributed by atoms with Crippen molar-refractivity contribution in [3.63, 3.8) is 0 Å². The molecule has 0 aliphatic heterocycles. The Morgan fingerprint density at radius 3 is 2.42 bits per heavy atom. The average molecular weight is 490 g/mol. The van der Waals surface area contributed by atoms with Gasteiger partial charge in [-0.2, -0.15) is 0 Å². The molecule has 0 spiro atoms. The molecule has 0 saturated heterocycles. The fourth-order valence-corrected chi connectivity index (χ4v) is 3.60. The number of ether oxygens (including phenoxy) is 1. The van der Waals surface area contributed by atoms with Crippen LogP contribution < -0.4 is 10.6 Å². The van der Waals surface area contributed by atoms with E-state index in [1.165, 1.54) is 0 Å². The summed E-state index contributed by atoms with van der Waals surface area (Å²) in [6, 6.07) is 16.5. The van der Waals surface area contributed by atoms with Gasteiger partial charge in [0.2, 0.25) is 0 Å². The van der Waals surface area contributed by atoms with Crippen LogP contribution in [-0.2, 0) is 22.4 Å². The van der Waals surface area contributed by atoms with Gasteiger partial charge in [0.05, 0.1) is 0 Å². The van der Waals surface area contributed by atoms with Gasteiger partial charge < -0.3 is 20.5 Å². The van der Waals surface area contributed by atoms with Crippen LogP contribution in [0.25, 0.3) is 11.1 Å². The molecule has 0 atom stereocenters. The molecule has 1 aromatic heterocycles. The number of nitrogens with one attached hydrogen (secondary N) is 2. The first-order valence-electron chi connectivity index (χ1n) is 11.7. The molecule has 0 aliphatic carbocycles. The molecule has 3 N–H and O–H groups in total. The number of rotatable bonds is 9. The van der Waals surface area contributed by atoms with Gasteiger partial charge in [-0.3, -0.25) is 14.6 Å². The van der Waals surface area contributed by atoms with Gasteiger partial charge in [0.15, 0.2) is 0 Å². The van der Waals surface area contributed by atoms with E-state index in [0.29, 0.717) is 30.6 Å². The molecule has 0 radical (unpaired) electrons. The van der Waals surface area contributed by atoms with Crippen molar-refractivity contribution in [2.75, 3.05) is 11.9 Å². The molecule has 1 heterocycles. The smallest absolute Gasteiger partial charge is 0.407 e. The molecule has 8 nitrogen and oxygen atoms in total. The zero-order valence-corrected chi connectivity index (χ0v) is 20.7. The highest BCUT2D eigenvalue weighted by molar-refractivity contribution is 6.05. The molecule has 8 heteroatoms. The second-order valence-electron chi connectivity index (χ2n) is 9.33. The molecule has 2 amide bonds. The van der Waals surface area contributed by atoms with E-state index in [9.17, 15) is 14.4 Å². The number of aromatic nitrogens is 1. The zero-order valence-electron chi connectivity index (χ0n) is 20.7. The van der Waals surface area contributed by atoms with Gasteiger partial charge in [-0.15, -0.1) is 0 Å². The molecule has 36 heavy (non-hydrogen) atoms. The van der Waals surface area contributed by atoms with Crippen molar-refractivity contribution in [1.29, 1.82) is 0 Å². The van der Waals surface area contributed by atoms with Gasteiger partial charge in [-0.05, 0) is 80.1 Å². The van der Waals surface area contributed by atoms with Crippen molar-refractivity contribution < 1.29 is 24.2 Å². The number of anilines is 1. The maximum atomic E-state index is 12.9. The normalized spacial score (nSPS) is 11.0. The first-order valence-corrected chi connectivity index (χ1v) is 11.7. The highest BCUT2D eigenvalue weighted by Gasteiger charge is 2.17. The Balaban J connectivity index is 1.86. The molecular formula is C28H31N3O5. The Hall–Kier alpha value is -4.20. The second-order valence-corrected chi connectivity index (χ2v) is 9.33. The van der Waals surface area contributed by atoms with Crippen LogP contribution in [0, 0.1) is 0 Å². The summed E-state index contributed by atoms with van der Waals surface area (Å²) in [4.78, 5) is 39.9. The fourth-order valence-electron chi connectivity index (χ4n) is 3.60. The van der Waals surface area contributed by atoms with Crippen LogP contribution in [0.1, 0.15) is 48.7 Å². The number of aryl methyl sites for hydroxylation is 1. The van der Waals surface area contributed by atoms with Gasteiger partial charge in [0, 0.05) is 36.6 Å². The predicted molar refractivity (Wildman–Crippen MR) is 138 cm³/mol. The number of pyridine rings is 1. The molecule has 3 rings (SSSR count). The third kappa shape index (κ3) is 8.23. The van der Waals surface area contributed by atoms with Gasteiger partial charge >= 0.3 is 12.1 Å². The largest absolute Gasteiger partial charge is 0.481 e. The summed E-state index contributed by atoms with van der Waals surface area (Å²) in [6.07, 6.45) is 3.66. The summed E-state index contributed by atoms with van der Waals surface area (Å²) >= 11 is 0. The SMILES string of the molecule is CC(C)(C)OC(=O)NCCc1ccc(C(=O)Nc2ccncc2)cc1-c1cccc(CCC(=O)O)c1. The number of amides is 2. The average Bonchev–Trinajstić information content (AvgIpc) is 2.82.